The molecular formula is C56H95N23O14. The van der Waals surface area contributed by atoms with Crippen LogP contribution in [0.1, 0.15) is 116 Å². The Morgan fingerprint density at radius 2 is 0.892 bits per heavy atom. The fraction of sp³-hybridized carbons (Fsp3) is 0.607. The summed E-state index contributed by atoms with van der Waals surface area (Å²) in [6.45, 7) is 4.73. The summed E-state index contributed by atoms with van der Waals surface area (Å²) >= 11 is 0. The first-order chi connectivity index (χ1) is 43.8. The molecule has 0 spiro atoms. The molecule has 1 aromatic rings. The molecule has 10 amide bonds. The van der Waals surface area contributed by atoms with E-state index in [1.54, 1.807) is 44.2 Å². The van der Waals surface area contributed by atoms with Crippen LogP contribution in [-0.2, 0) is 64.0 Å². The van der Waals surface area contributed by atoms with Crippen LogP contribution in [0.25, 0.3) is 0 Å². The van der Waals surface area contributed by atoms with Crippen molar-refractivity contribution in [3.8, 4) is 0 Å². The van der Waals surface area contributed by atoms with Gasteiger partial charge in [-0.15, -0.1) is 0 Å². The van der Waals surface area contributed by atoms with Crippen molar-refractivity contribution in [1.82, 2.24) is 47.4 Å². The van der Waals surface area contributed by atoms with Crippen LogP contribution in [0.5, 0.6) is 0 Å². The van der Waals surface area contributed by atoms with Gasteiger partial charge in [0.15, 0.2) is 23.8 Å². The number of aliphatic imine (C=N–C) groups is 4. The maximum absolute atomic E-state index is 14.7. The second-order valence-corrected chi connectivity index (χ2v) is 22.5. The third-order valence-electron chi connectivity index (χ3n) is 14.2. The second kappa shape index (κ2) is 41.3. The lowest BCUT2D eigenvalue weighted by Crippen LogP contribution is -2.60. The fourth-order valence-corrected chi connectivity index (χ4v) is 9.49. The van der Waals surface area contributed by atoms with Gasteiger partial charge in [0, 0.05) is 45.6 Å². The molecular weight excluding hydrogens is 1220 g/mol. The Balaban J connectivity index is 2.50. The van der Waals surface area contributed by atoms with Gasteiger partial charge >= 0.3 is 11.9 Å². The molecule has 0 aliphatic carbocycles. The van der Waals surface area contributed by atoms with Crippen LogP contribution in [0.2, 0.25) is 0 Å². The van der Waals surface area contributed by atoms with Crippen LogP contribution in [0.3, 0.4) is 0 Å². The summed E-state index contributed by atoms with van der Waals surface area (Å²) in [5.41, 5.74) is 55.5. The Morgan fingerprint density at radius 3 is 1.30 bits per heavy atom. The average molecular weight is 1310 g/mol. The molecule has 30 N–H and O–H groups in total. The number of likely N-dealkylation sites (tertiary alicyclic amines) is 1. The summed E-state index contributed by atoms with van der Waals surface area (Å²) in [6.07, 6.45) is -1.70. The third-order valence-corrected chi connectivity index (χ3v) is 14.2. The Morgan fingerprint density at radius 1 is 0.505 bits per heavy atom. The number of nitrogens with two attached hydrogens (primary N) is 10. The van der Waals surface area contributed by atoms with Gasteiger partial charge in [-0.05, 0) is 95.5 Å². The summed E-state index contributed by atoms with van der Waals surface area (Å²) in [6, 6.07) is -5.77. The molecule has 1 aliphatic rings. The van der Waals surface area contributed by atoms with Crippen molar-refractivity contribution in [3.63, 3.8) is 0 Å². The quantitative estimate of drug-likeness (QED) is 0.0164. The van der Waals surface area contributed by atoms with E-state index < -0.39 is 151 Å². The van der Waals surface area contributed by atoms with Crippen molar-refractivity contribution < 1.29 is 67.7 Å². The molecule has 0 aromatic heterocycles. The van der Waals surface area contributed by atoms with E-state index in [9.17, 15) is 67.7 Å². The van der Waals surface area contributed by atoms with Gasteiger partial charge < -0.3 is 115 Å². The molecule has 37 heteroatoms. The van der Waals surface area contributed by atoms with Crippen LogP contribution in [0.15, 0.2) is 50.3 Å². The topological polar surface area (TPSA) is 654 Å². The molecule has 37 nitrogen and oxygen atoms in total. The highest BCUT2D eigenvalue weighted by atomic mass is 16.4. The first kappa shape index (κ1) is 79.0. The van der Waals surface area contributed by atoms with Crippen molar-refractivity contribution >= 4 is 94.8 Å². The second-order valence-electron chi connectivity index (χ2n) is 22.5. The van der Waals surface area contributed by atoms with Crippen LogP contribution in [0.4, 0.5) is 0 Å². The number of carboxylic acids is 2. The van der Waals surface area contributed by atoms with Crippen molar-refractivity contribution in [2.75, 3.05) is 32.7 Å². The molecule has 93 heavy (non-hydrogen) atoms. The van der Waals surface area contributed by atoms with Crippen molar-refractivity contribution in [2.45, 2.75) is 178 Å². The Hall–Kier alpha value is -10.1. The number of carbonyl (C=O) groups excluding carboxylic acids is 10. The molecule has 0 radical (unpaired) electrons. The van der Waals surface area contributed by atoms with Crippen LogP contribution in [0, 0.1) is 5.92 Å². The molecule has 10 atom stereocenters. The molecule has 2 rings (SSSR count). The summed E-state index contributed by atoms with van der Waals surface area (Å²) in [5.74, 6) is -13.1. The van der Waals surface area contributed by atoms with E-state index in [1.165, 1.54) is 11.8 Å². The van der Waals surface area contributed by atoms with Crippen LogP contribution >= 0.6 is 0 Å². The van der Waals surface area contributed by atoms with Gasteiger partial charge in [-0.25, -0.2) is 4.79 Å². The van der Waals surface area contributed by atoms with Gasteiger partial charge in [-0.3, -0.25) is 72.7 Å². The van der Waals surface area contributed by atoms with E-state index in [0.717, 1.165) is 0 Å². The average Bonchev–Trinajstić information content (AvgIpc) is 1.77. The van der Waals surface area contributed by atoms with E-state index in [4.69, 9.17) is 57.3 Å². The van der Waals surface area contributed by atoms with Gasteiger partial charge in [0.2, 0.25) is 59.1 Å². The Bertz CT molecular complexity index is 2830. The van der Waals surface area contributed by atoms with Crippen LogP contribution in [-0.4, -0.2) is 203 Å². The monoisotopic (exact) mass is 1310 g/mol. The van der Waals surface area contributed by atoms with E-state index in [2.05, 4.69) is 62.5 Å². The fourth-order valence-electron chi connectivity index (χ4n) is 9.49. The lowest BCUT2D eigenvalue weighted by molar-refractivity contribution is -0.144. The largest absolute Gasteiger partial charge is 0.481 e. The molecule has 0 bridgehead atoms. The van der Waals surface area contributed by atoms with Gasteiger partial charge in [-0.2, -0.15) is 0 Å². The first-order valence-corrected chi connectivity index (χ1v) is 30.3. The standard InChI is InChI=1S/C56H95N23O14/c1-29(2)26-38(51(91)79-25-11-18-40(79)50(90)76-36(17-10-24-70-56(65)66)48(88)78-39(52(92)93)27-31-12-5-4-6-13-31)77-49(89)37(19-20-42(81)82)75-47(87)35(16-9-23-69-55(63)64)74-46(86)34(15-8-22-68-54(61)62)72-43(83)30(3)71-45(85)33(14-7-21-67-53(59)60)73-44(84)32(57)28-41(58)80/h4-6,12-13,29-30,32-40H,7-11,14-28,57H2,1-3H3,(H2,58,80)(H,71,85)(H,72,83)(H,73,84)(H,74,86)(H,75,87)(H,76,90)(H,77,89)(H,78,88)(H,81,82)(H,92,93)(H4,59,60,67)(H4,61,62,68)(H4,63,64,69)(H4,65,66,70)/t30-,32-,33-,34-,35-,36-,37-,38-,39-,40-/m0/s1. The molecule has 1 fully saturated rings. The van der Waals surface area contributed by atoms with Gasteiger partial charge in [-0.1, -0.05) is 44.2 Å². The zero-order valence-corrected chi connectivity index (χ0v) is 52.7. The molecule has 518 valence electrons. The van der Waals surface area contributed by atoms with E-state index in [1.807, 2.05) is 0 Å². The highest BCUT2D eigenvalue weighted by Crippen LogP contribution is 2.22. The highest BCUT2D eigenvalue weighted by molar-refractivity contribution is 5.99. The lowest BCUT2D eigenvalue weighted by atomic mass is 10.0. The van der Waals surface area contributed by atoms with Crippen molar-refractivity contribution in [2.24, 2.45) is 83.2 Å². The lowest BCUT2D eigenvalue weighted by Gasteiger charge is -2.31. The number of rotatable bonds is 43. The smallest absolute Gasteiger partial charge is 0.326 e. The van der Waals surface area contributed by atoms with Gasteiger partial charge in [0.05, 0.1) is 12.5 Å². The number of aliphatic carboxylic acids is 2. The SMILES string of the molecule is CC(C)C[C@H](NC(=O)[C@H](CCC(=O)O)NC(=O)[C@H](CCCN=C(N)N)NC(=O)[C@H](CCCN=C(N)N)NC(=O)[C@H](C)NC(=O)[C@H](CCCN=C(N)N)NC(=O)[C@@H](N)CC(N)=O)C(=O)N1CCC[C@H]1C(=O)N[C@@H](CCCN=C(N)N)C(=O)N[C@@H](Cc1ccccc1)C(=O)O. The maximum Gasteiger partial charge on any atom is 0.326 e. The highest BCUT2D eigenvalue weighted by Gasteiger charge is 2.41. The van der Waals surface area contributed by atoms with Gasteiger partial charge in [0.1, 0.15) is 54.4 Å². The summed E-state index contributed by atoms with van der Waals surface area (Å²) in [4.78, 5) is 179. The number of hydrogen-bond acceptors (Lipinski definition) is 17. The molecule has 1 heterocycles. The third kappa shape index (κ3) is 31.5. The number of carbonyl (C=O) groups is 12. The normalized spacial score (nSPS) is 15.4. The molecule has 1 saturated heterocycles. The predicted molar refractivity (Wildman–Crippen MR) is 341 cm³/mol. The van der Waals surface area contributed by atoms with E-state index in [0.29, 0.717) is 12.0 Å². The minimum atomic E-state index is -1.70. The Labute approximate surface area is 537 Å². The zero-order valence-electron chi connectivity index (χ0n) is 52.7. The number of nitrogens with zero attached hydrogens (tertiary/aromatic N) is 5. The summed E-state index contributed by atoms with van der Waals surface area (Å²) in [5, 5.41) is 40.1. The van der Waals surface area contributed by atoms with E-state index in [-0.39, 0.29) is 133 Å². The van der Waals surface area contributed by atoms with Crippen molar-refractivity contribution in [3.05, 3.63) is 35.9 Å². The maximum atomic E-state index is 14.7. The minimum absolute atomic E-state index is 0.0139. The molecule has 0 saturated carbocycles. The number of benzene rings is 1. The van der Waals surface area contributed by atoms with Crippen molar-refractivity contribution in [1.29, 1.82) is 0 Å². The minimum Gasteiger partial charge on any atom is -0.481 e. The number of nitrogens with one attached hydrogen (secondary N) is 8. The number of amides is 10. The van der Waals surface area contributed by atoms with Gasteiger partial charge in [0.25, 0.3) is 0 Å². The van der Waals surface area contributed by atoms with E-state index >= 15 is 0 Å². The predicted octanol–water partition coefficient (Wildman–Crippen LogP) is -7.47. The Kier molecular flexibility index (Phi) is 35.1. The summed E-state index contributed by atoms with van der Waals surface area (Å²) < 4.78 is 0. The van der Waals surface area contributed by atoms with Crippen LogP contribution < -0.4 is 99.9 Å². The zero-order chi connectivity index (χ0) is 69.9. The molecule has 1 aliphatic heterocycles. The first-order valence-electron chi connectivity index (χ1n) is 30.3. The number of guanidine groups is 4. The number of carboxylic acid groups (broad SMARTS) is 2. The molecule has 0 unspecified atom stereocenters. The summed E-state index contributed by atoms with van der Waals surface area (Å²) in [7, 11) is 0. The molecule has 1 aromatic carbocycles. The number of primary amides is 1. The number of hydrogen-bond donors (Lipinski definition) is 20.